The minimum Gasteiger partial charge on any atom is -0.335 e. The van der Waals surface area contributed by atoms with Gasteiger partial charge in [0.25, 0.3) is 5.91 Å². The Hall–Kier alpha value is -1.35. The van der Waals surface area contributed by atoms with Crippen LogP contribution in [0.1, 0.15) is 48.0 Å². The lowest BCUT2D eigenvalue weighted by molar-refractivity contribution is -0.121. The molecule has 3 rings (SSSR count). The normalized spacial score (nSPS) is 25.6. The first-order valence-electron chi connectivity index (χ1n) is 7.68. The van der Waals surface area contributed by atoms with Crippen LogP contribution in [0.15, 0.2) is 18.2 Å². The zero-order chi connectivity index (χ0) is 15.0. The van der Waals surface area contributed by atoms with Crippen LogP contribution in [0.3, 0.4) is 0 Å². The van der Waals surface area contributed by atoms with Crippen LogP contribution in [0.4, 0.5) is 0 Å². The van der Waals surface area contributed by atoms with Gasteiger partial charge in [0.2, 0.25) is 0 Å². The summed E-state index contributed by atoms with van der Waals surface area (Å²) in [5, 5.41) is 0.646. The predicted octanol–water partition coefficient (Wildman–Crippen LogP) is 3.62. The molecule has 0 aromatic heterocycles. The molecule has 1 saturated heterocycles. The lowest BCUT2D eigenvalue weighted by Gasteiger charge is -2.29. The largest absolute Gasteiger partial charge is 0.335 e. The molecule has 2 fully saturated rings. The first-order valence-corrected chi connectivity index (χ1v) is 8.05. The molecule has 3 nitrogen and oxygen atoms in total. The number of carbonyl (C=O) groups is 2. The first-order chi connectivity index (χ1) is 10.1. The molecule has 21 heavy (non-hydrogen) atoms. The van der Waals surface area contributed by atoms with Crippen LogP contribution < -0.4 is 0 Å². The van der Waals surface area contributed by atoms with Gasteiger partial charge in [-0.1, -0.05) is 11.6 Å². The maximum atomic E-state index is 12.8. The number of halogens is 1. The highest BCUT2D eigenvalue weighted by Gasteiger charge is 2.40. The molecule has 2 aliphatic rings. The summed E-state index contributed by atoms with van der Waals surface area (Å²) < 4.78 is 0. The molecule has 0 bridgehead atoms. The topological polar surface area (TPSA) is 37.4 Å². The molecule has 1 heterocycles. The van der Waals surface area contributed by atoms with Crippen molar-refractivity contribution in [2.75, 3.05) is 6.54 Å². The maximum Gasteiger partial charge on any atom is 0.254 e. The number of hydrogen-bond donors (Lipinski definition) is 0. The number of likely N-dealkylation sites (tertiary alicyclic amines) is 1. The van der Waals surface area contributed by atoms with Crippen molar-refractivity contribution in [3.05, 3.63) is 34.3 Å². The van der Waals surface area contributed by atoms with Gasteiger partial charge in [0.05, 0.1) is 0 Å². The van der Waals surface area contributed by atoms with Gasteiger partial charge >= 0.3 is 0 Å². The van der Waals surface area contributed by atoms with Crippen molar-refractivity contribution in [1.29, 1.82) is 0 Å². The summed E-state index contributed by atoms with van der Waals surface area (Å²) in [4.78, 5) is 26.8. The Morgan fingerprint density at radius 3 is 2.76 bits per heavy atom. The molecular weight excluding hydrogens is 286 g/mol. The van der Waals surface area contributed by atoms with Crippen LogP contribution in [0.2, 0.25) is 5.02 Å². The van der Waals surface area contributed by atoms with Gasteiger partial charge in [-0.2, -0.15) is 0 Å². The second-order valence-corrected chi connectivity index (χ2v) is 6.57. The third kappa shape index (κ3) is 2.71. The molecule has 1 aliphatic heterocycles. The van der Waals surface area contributed by atoms with E-state index in [1.807, 2.05) is 17.9 Å². The Balaban J connectivity index is 1.84. The van der Waals surface area contributed by atoms with Crippen LogP contribution >= 0.6 is 11.6 Å². The summed E-state index contributed by atoms with van der Waals surface area (Å²) >= 11 is 5.96. The van der Waals surface area contributed by atoms with Crippen molar-refractivity contribution in [2.24, 2.45) is 5.92 Å². The number of ketones is 1. The predicted molar refractivity (Wildman–Crippen MR) is 82.6 cm³/mol. The van der Waals surface area contributed by atoms with Crippen LogP contribution in [0.5, 0.6) is 0 Å². The third-order valence-electron chi connectivity index (χ3n) is 4.80. The van der Waals surface area contributed by atoms with Gasteiger partial charge in [-0.05, 0) is 56.4 Å². The summed E-state index contributed by atoms with van der Waals surface area (Å²) in [7, 11) is 0. The summed E-state index contributed by atoms with van der Waals surface area (Å²) in [6, 6.07) is 5.47. The van der Waals surface area contributed by atoms with E-state index in [-0.39, 0.29) is 17.9 Å². The van der Waals surface area contributed by atoms with Crippen LogP contribution in [-0.2, 0) is 4.79 Å². The Bertz CT molecular complexity index is 584. The molecule has 0 N–H and O–H groups in total. The van der Waals surface area contributed by atoms with E-state index in [4.69, 9.17) is 11.6 Å². The molecule has 2 atom stereocenters. The van der Waals surface area contributed by atoms with Crippen molar-refractivity contribution in [3.8, 4) is 0 Å². The number of rotatable bonds is 2. The van der Waals surface area contributed by atoms with E-state index < -0.39 is 0 Å². The first kappa shape index (κ1) is 14.6. The summed E-state index contributed by atoms with van der Waals surface area (Å²) in [6.07, 6.45) is 4.54. The van der Waals surface area contributed by atoms with Gasteiger partial charge in [-0.15, -0.1) is 0 Å². The monoisotopic (exact) mass is 305 g/mol. The van der Waals surface area contributed by atoms with Crippen molar-refractivity contribution < 1.29 is 9.59 Å². The van der Waals surface area contributed by atoms with Crippen molar-refractivity contribution in [1.82, 2.24) is 4.90 Å². The minimum atomic E-state index is 0.0476. The number of nitrogens with zero attached hydrogens (tertiary/aromatic N) is 1. The molecule has 2 unspecified atom stereocenters. The molecule has 0 radical (unpaired) electrons. The van der Waals surface area contributed by atoms with Crippen molar-refractivity contribution >= 4 is 23.3 Å². The number of aryl methyl sites for hydroxylation is 1. The van der Waals surface area contributed by atoms with Gasteiger partial charge in [-0.25, -0.2) is 0 Å². The highest BCUT2D eigenvalue weighted by molar-refractivity contribution is 6.30. The summed E-state index contributed by atoms with van der Waals surface area (Å²) in [5.41, 5.74) is 1.60. The molecule has 1 amide bonds. The molecule has 1 aliphatic carbocycles. The Labute approximate surface area is 130 Å². The Morgan fingerprint density at radius 1 is 1.29 bits per heavy atom. The fraction of sp³-hybridized carbons (Fsp3) is 0.529. The SMILES string of the molecule is Cc1cc(Cl)ccc1C(=O)N1CCCC1C1CCCC1=O. The van der Waals surface area contributed by atoms with E-state index in [0.717, 1.165) is 37.8 Å². The highest BCUT2D eigenvalue weighted by Crippen LogP contribution is 2.34. The molecular formula is C17H20ClNO2. The highest BCUT2D eigenvalue weighted by atomic mass is 35.5. The van der Waals surface area contributed by atoms with E-state index >= 15 is 0 Å². The second kappa shape index (κ2) is 5.80. The van der Waals surface area contributed by atoms with Gasteiger partial charge in [0, 0.05) is 35.5 Å². The number of hydrogen-bond acceptors (Lipinski definition) is 2. The van der Waals surface area contributed by atoms with E-state index in [0.29, 0.717) is 22.8 Å². The quantitative estimate of drug-likeness (QED) is 0.837. The van der Waals surface area contributed by atoms with E-state index in [1.165, 1.54) is 0 Å². The fourth-order valence-corrected chi connectivity index (χ4v) is 3.96. The molecule has 0 spiro atoms. The van der Waals surface area contributed by atoms with E-state index in [1.54, 1.807) is 12.1 Å². The molecule has 112 valence electrons. The number of carbonyl (C=O) groups excluding carboxylic acids is 2. The smallest absolute Gasteiger partial charge is 0.254 e. The summed E-state index contributed by atoms with van der Waals surface area (Å²) in [6.45, 7) is 2.67. The van der Waals surface area contributed by atoms with Crippen LogP contribution in [0, 0.1) is 12.8 Å². The maximum absolute atomic E-state index is 12.8. The molecule has 1 aromatic rings. The molecule has 4 heteroatoms. The average molecular weight is 306 g/mol. The molecule has 1 saturated carbocycles. The number of Topliss-reactive ketones (excluding diaryl/α,β-unsaturated/α-hetero) is 1. The molecule has 1 aromatic carbocycles. The average Bonchev–Trinajstić information content (AvgIpc) is 3.06. The lowest BCUT2D eigenvalue weighted by Crippen LogP contribution is -2.41. The van der Waals surface area contributed by atoms with Crippen LogP contribution in [-0.4, -0.2) is 29.2 Å². The van der Waals surface area contributed by atoms with Gasteiger partial charge in [0.15, 0.2) is 0 Å². The third-order valence-corrected chi connectivity index (χ3v) is 5.03. The van der Waals surface area contributed by atoms with Gasteiger partial charge in [-0.3, -0.25) is 9.59 Å². The lowest BCUT2D eigenvalue weighted by atomic mass is 9.94. The van der Waals surface area contributed by atoms with E-state index in [2.05, 4.69) is 0 Å². The minimum absolute atomic E-state index is 0.0476. The van der Waals surface area contributed by atoms with Gasteiger partial charge < -0.3 is 4.90 Å². The standard InChI is InChI=1S/C17H20ClNO2/c1-11-10-12(18)7-8-13(11)17(21)19-9-3-5-15(19)14-4-2-6-16(14)20/h7-8,10,14-15H,2-6,9H2,1H3. The number of amides is 1. The van der Waals surface area contributed by atoms with Gasteiger partial charge in [0.1, 0.15) is 5.78 Å². The summed E-state index contributed by atoms with van der Waals surface area (Å²) in [5.74, 6) is 0.447. The Kier molecular flexibility index (Phi) is 4.03. The zero-order valence-electron chi connectivity index (χ0n) is 12.3. The number of benzene rings is 1. The van der Waals surface area contributed by atoms with Crippen molar-refractivity contribution in [2.45, 2.75) is 45.1 Å². The zero-order valence-corrected chi connectivity index (χ0v) is 13.0. The van der Waals surface area contributed by atoms with E-state index in [9.17, 15) is 9.59 Å². The van der Waals surface area contributed by atoms with Crippen molar-refractivity contribution in [3.63, 3.8) is 0 Å². The Morgan fingerprint density at radius 2 is 2.10 bits per heavy atom. The fourth-order valence-electron chi connectivity index (χ4n) is 3.73. The van der Waals surface area contributed by atoms with Crippen LogP contribution in [0.25, 0.3) is 0 Å². The second-order valence-electron chi connectivity index (χ2n) is 6.13.